The molecule has 6 aromatic carbocycles. The second kappa shape index (κ2) is 44.2. The number of rotatable bonds is 47. The molecule has 3 unspecified atom stereocenters. The van der Waals surface area contributed by atoms with Crippen molar-refractivity contribution in [3.63, 3.8) is 0 Å². The maximum atomic E-state index is 13.4. The smallest absolute Gasteiger partial charge is 0.240 e. The molecule has 0 aliphatic carbocycles. The molecular weight excluding hydrogens is 1680 g/mol. The fraction of sp³-hybridized carbons (Fsp3) is 0.494. The zero-order valence-electron chi connectivity index (χ0n) is 64.0. The number of likely N-dealkylation sites (N-methyl/N-ethyl adjacent to an activating group) is 3. The summed E-state index contributed by atoms with van der Waals surface area (Å²) in [6.07, 6.45) is -0.00944. The Kier molecular flexibility index (Phi) is 35.9. The molecule has 3 aliphatic rings. The van der Waals surface area contributed by atoms with Crippen LogP contribution in [0.15, 0.2) is 124 Å². The topological polar surface area (TPSA) is 337 Å². The third-order valence-corrected chi connectivity index (χ3v) is 26.4. The van der Waals surface area contributed by atoms with E-state index in [9.17, 15) is 48.1 Å². The van der Waals surface area contributed by atoms with E-state index in [1.165, 1.54) is 18.2 Å². The van der Waals surface area contributed by atoms with Crippen LogP contribution in [0.1, 0.15) is 106 Å². The van der Waals surface area contributed by atoms with Crippen LogP contribution in [0, 0.1) is 0 Å². The summed E-state index contributed by atoms with van der Waals surface area (Å²) in [4.78, 5) is 46.9. The summed E-state index contributed by atoms with van der Waals surface area (Å²) in [6.45, 7) is 5.06. The van der Waals surface area contributed by atoms with E-state index in [-0.39, 0.29) is 190 Å². The van der Waals surface area contributed by atoms with E-state index in [1.54, 1.807) is 54.6 Å². The molecule has 3 amide bonds. The zero-order chi connectivity index (χ0) is 82.2. The Hall–Kier alpha value is -5.25. The number of amides is 3. The predicted octanol–water partition coefficient (Wildman–Crippen LogP) is 8.65. The van der Waals surface area contributed by atoms with Crippen LogP contribution in [-0.2, 0) is 103 Å². The molecule has 9 rings (SSSR count). The Labute approximate surface area is 699 Å². The molecule has 0 saturated heterocycles. The lowest BCUT2D eigenvalue weighted by Crippen LogP contribution is -2.50. The van der Waals surface area contributed by atoms with Gasteiger partial charge in [-0.3, -0.25) is 14.4 Å². The second-order valence-corrected chi connectivity index (χ2v) is 38.0. The number of halogens is 6. The molecule has 0 fully saturated rings. The van der Waals surface area contributed by atoms with Gasteiger partial charge in [0.15, 0.2) is 0 Å². The average Bonchev–Trinajstić information content (AvgIpc) is 0.768. The van der Waals surface area contributed by atoms with E-state index in [0.29, 0.717) is 69.4 Å². The van der Waals surface area contributed by atoms with Crippen LogP contribution in [0.5, 0.6) is 0 Å². The minimum atomic E-state index is -4.01. The van der Waals surface area contributed by atoms with Crippen molar-refractivity contribution >= 4 is 127 Å². The number of carbonyl (C=O) groups is 3. The predicted molar refractivity (Wildman–Crippen MR) is 441 cm³/mol. The molecule has 6 aromatic rings. The Balaban J connectivity index is 0.685. The van der Waals surface area contributed by atoms with Crippen LogP contribution >= 0.6 is 69.6 Å². The van der Waals surface area contributed by atoms with Crippen molar-refractivity contribution in [2.75, 3.05) is 166 Å². The van der Waals surface area contributed by atoms with Gasteiger partial charge in [0.05, 0.1) is 100 Å². The first kappa shape index (κ1) is 92.6. The van der Waals surface area contributed by atoms with Crippen molar-refractivity contribution in [2.45, 2.75) is 96.1 Å². The van der Waals surface area contributed by atoms with Gasteiger partial charge in [-0.05, 0) is 163 Å². The summed E-state index contributed by atoms with van der Waals surface area (Å²) < 4.78 is 151. The molecular formula is C77H100Cl6N10O17S4. The van der Waals surface area contributed by atoms with Crippen LogP contribution in [0.25, 0.3) is 0 Å². The molecule has 0 aromatic heterocycles. The first-order valence-corrected chi connectivity index (χ1v) is 45.9. The van der Waals surface area contributed by atoms with Crippen LogP contribution in [0.3, 0.4) is 0 Å². The zero-order valence-corrected chi connectivity index (χ0v) is 71.8. The van der Waals surface area contributed by atoms with E-state index in [0.717, 1.165) is 56.3 Å². The van der Waals surface area contributed by atoms with Crippen LogP contribution in [0.4, 0.5) is 0 Å². The van der Waals surface area contributed by atoms with Crippen LogP contribution < -0.4 is 34.8 Å². The van der Waals surface area contributed by atoms with Crippen molar-refractivity contribution in [3.8, 4) is 0 Å². The molecule has 0 radical (unpaired) electrons. The minimum absolute atomic E-state index is 0.0157. The monoisotopic (exact) mass is 1770 g/mol. The molecule has 0 bridgehead atoms. The highest BCUT2D eigenvalue weighted by Gasteiger charge is 2.36. The SMILES string of the molecule is CN1Cc2c(Cl)cc(Cl)cc2C(c2cccc(S(=O)(=O)NCCOCCOCCNC(=O)CCC(CCC(=O)NCCOCCOCCNS(=O)(=O)c3cccc(C4CN(C)Cc5c(Cl)cc(Cl)cc54)c3)(CCC(=O)NCCOCCOCCNS(=O)(=O)c3cccc(C4CN(C)Cc5c(Cl)cc(Cl)cc54)c3)NS(C)(=O)=O)c2)C1. The molecule has 3 aliphatic heterocycles. The molecule has 626 valence electrons. The number of hydrogen-bond donors (Lipinski definition) is 7. The van der Waals surface area contributed by atoms with Crippen molar-refractivity contribution in [3.05, 3.63) is 189 Å². The average molecular weight is 1780 g/mol. The van der Waals surface area contributed by atoms with E-state index in [4.69, 9.17) is 98.0 Å². The number of sulfonamides is 4. The third-order valence-electron chi connectivity index (χ3n) is 19.5. The van der Waals surface area contributed by atoms with E-state index >= 15 is 0 Å². The fourth-order valence-corrected chi connectivity index (χ4v) is 20.1. The summed E-state index contributed by atoms with van der Waals surface area (Å²) in [5.41, 5.74) is 6.64. The third kappa shape index (κ3) is 28.5. The fourth-order valence-electron chi connectivity index (χ4n) is 14.1. The Morgan fingerprint density at radius 1 is 0.386 bits per heavy atom. The molecule has 27 nitrogen and oxygen atoms in total. The van der Waals surface area contributed by atoms with Crippen LogP contribution in [0.2, 0.25) is 30.1 Å². The van der Waals surface area contributed by atoms with Gasteiger partial charge in [0.1, 0.15) is 0 Å². The van der Waals surface area contributed by atoms with Gasteiger partial charge in [0.2, 0.25) is 57.8 Å². The molecule has 3 heterocycles. The quantitative estimate of drug-likeness (QED) is 0.0176. The lowest BCUT2D eigenvalue weighted by molar-refractivity contribution is -0.121. The van der Waals surface area contributed by atoms with Crippen LogP contribution in [-0.4, -0.2) is 237 Å². The minimum Gasteiger partial charge on any atom is -0.378 e. The second-order valence-electron chi connectivity index (χ2n) is 28.4. The number of nitrogens with zero attached hydrogens (tertiary/aromatic N) is 3. The molecule has 7 N–H and O–H groups in total. The van der Waals surface area contributed by atoms with Gasteiger partial charge in [0.25, 0.3) is 0 Å². The number of nitrogens with one attached hydrogen (secondary N) is 7. The van der Waals surface area contributed by atoms with Crippen molar-refractivity contribution in [2.24, 2.45) is 0 Å². The van der Waals surface area contributed by atoms with Gasteiger partial charge in [-0.2, -0.15) is 0 Å². The Bertz CT molecular complexity index is 4320. The van der Waals surface area contributed by atoms with Gasteiger partial charge < -0.3 is 59.1 Å². The molecule has 0 saturated carbocycles. The summed E-state index contributed by atoms with van der Waals surface area (Å²) in [6, 6.07) is 31.0. The van der Waals surface area contributed by atoms with Gasteiger partial charge in [-0.25, -0.2) is 52.6 Å². The van der Waals surface area contributed by atoms with Crippen molar-refractivity contribution in [1.82, 2.24) is 49.5 Å². The molecule has 114 heavy (non-hydrogen) atoms. The number of fused-ring (bicyclic) bond motifs is 3. The first-order chi connectivity index (χ1) is 54.3. The number of ether oxygens (including phenoxy) is 6. The Morgan fingerprint density at radius 3 is 0.912 bits per heavy atom. The number of carbonyl (C=O) groups excluding carboxylic acids is 3. The van der Waals surface area contributed by atoms with Gasteiger partial charge in [-0.1, -0.05) is 106 Å². The highest BCUT2D eigenvalue weighted by atomic mass is 35.5. The summed E-state index contributed by atoms with van der Waals surface area (Å²) in [7, 11) is -9.82. The molecule has 3 atom stereocenters. The van der Waals surface area contributed by atoms with E-state index in [2.05, 4.69) is 49.5 Å². The molecule has 37 heteroatoms. The first-order valence-electron chi connectivity index (χ1n) is 37.3. The van der Waals surface area contributed by atoms with Crippen molar-refractivity contribution in [1.29, 1.82) is 0 Å². The van der Waals surface area contributed by atoms with Gasteiger partial charge >= 0.3 is 0 Å². The van der Waals surface area contributed by atoms with E-state index < -0.39 is 63.4 Å². The Morgan fingerprint density at radius 2 is 0.649 bits per heavy atom. The highest BCUT2D eigenvalue weighted by Crippen LogP contribution is 2.42. The lowest BCUT2D eigenvalue weighted by Gasteiger charge is -2.34. The van der Waals surface area contributed by atoms with Gasteiger partial charge in [-0.15, -0.1) is 0 Å². The molecule has 0 spiro atoms. The maximum Gasteiger partial charge on any atom is 0.240 e. The maximum absolute atomic E-state index is 13.4. The number of benzene rings is 6. The largest absolute Gasteiger partial charge is 0.378 e. The number of hydrogen-bond acceptors (Lipinski definition) is 20. The summed E-state index contributed by atoms with van der Waals surface area (Å²) in [5.74, 6) is -1.85. The summed E-state index contributed by atoms with van der Waals surface area (Å²) in [5, 5.41) is 11.4. The van der Waals surface area contributed by atoms with Gasteiger partial charge in [0, 0.05) is 151 Å². The van der Waals surface area contributed by atoms with E-state index in [1.807, 2.05) is 57.5 Å². The van der Waals surface area contributed by atoms with Crippen molar-refractivity contribution < 1.29 is 76.5 Å². The standard InChI is InChI=1S/C77H100Cl6N10O17S4/c1-91-47-65(62-41-56(78)44-71(81)68(62)50-91)53-8-5-11-59(38-53)112(99,100)87-23-29-108-35-32-105-26-20-84-74(94)14-17-77(90-111(4,97)98,18-15-75(95)85-21-27-106-33-36-109-30-24-88-113(101,102)60-12-6-9-54(39-60)66-48-92(2)51-69-63(66)42-57(79)45-72(69)82)19-16-76(96)86-22-28-107-34-37-110-31-25-89-114(103,104)61-13-7-10-55(40-61)67-49-93(3)52-70-64(67)43-58(80)46-73(70)83/h5-13,38-46,65-67,87-90H,14-37,47-52H2,1-4H3,(H,84,94)(H,85,95)(H,86,96). The normalized spacial score (nSPS) is 16.9. The summed E-state index contributed by atoms with van der Waals surface area (Å²) >= 11 is 38.9. The lowest BCUT2D eigenvalue weighted by atomic mass is 9.84. The highest BCUT2D eigenvalue weighted by molar-refractivity contribution is 7.90.